The predicted octanol–water partition coefficient (Wildman–Crippen LogP) is 4.54. The topological polar surface area (TPSA) is 54.1 Å². The molecule has 0 saturated carbocycles. The third kappa shape index (κ3) is 3.49. The zero-order chi connectivity index (χ0) is 18.0. The number of aromatic nitrogens is 1. The van der Waals surface area contributed by atoms with Crippen LogP contribution in [0.15, 0.2) is 48.7 Å². The monoisotopic (exact) mass is 356 g/mol. The highest BCUT2D eigenvalue weighted by Gasteiger charge is 2.25. The average Bonchev–Trinajstić information content (AvgIpc) is 3.03. The maximum Gasteiger partial charge on any atom is 0.255 e. The maximum absolute atomic E-state index is 12.5. The highest BCUT2D eigenvalue weighted by molar-refractivity contribution is 6.31. The molecule has 0 saturated heterocycles. The Morgan fingerprint density at radius 3 is 2.76 bits per heavy atom. The van der Waals surface area contributed by atoms with E-state index < -0.39 is 0 Å². The van der Waals surface area contributed by atoms with E-state index in [0.717, 1.165) is 16.5 Å². The number of H-pyrrole nitrogens is 1. The Morgan fingerprint density at radius 2 is 2.00 bits per heavy atom. The van der Waals surface area contributed by atoms with Crippen LogP contribution < -0.4 is 10.1 Å². The molecule has 0 bridgehead atoms. The largest absolute Gasteiger partial charge is 0.496 e. The van der Waals surface area contributed by atoms with Gasteiger partial charge in [-0.15, -0.1) is 0 Å². The fraction of sp³-hybridized carbons (Fsp3) is 0.250. The smallest absolute Gasteiger partial charge is 0.255 e. The number of hydrogen-bond donors (Lipinski definition) is 2. The molecule has 0 unspecified atom stereocenters. The molecule has 0 aliphatic rings. The number of rotatable bonds is 5. The number of nitrogens with one attached hydrogen (secondary N) is 2. The van der Waals surface area contributed by atoms with Crippen LogP contribution in [0.25, 0.3) is 10.9 Å². The van der Waals surface area contributed by atoms with Crippen molar-refractivity contribution in [1.82, 2.24) is 10.3 Å². The number of halogens is 1. The summed E-state index contributed by atoms with van der Waals surface area (Å²) in [5.74, 6) is 0.417. The summed E-state index contributed by atoms with van der Waals surface area (Å²) < 4.78 is 5.26. The van der Waals surface area contributed by atoms with Gasteiger partial charge in [-0.25, -0.2) is 0 Å². The first-order valence-electron chi connectivity index (χ1n) is 8.11. The van der Waals surface area contributed by atoms with Crippen LogP contribution in [0.1, 0.15) is 29.8 Å². The summed E-state index contributed by atoms with van der Waals surface area (Å²) in [6.07, 6.45) is 1.98. The first-order valence-corrected chi connectivity index (χ1v) is 8.48. The van der Waals surface area contributed by atoms with Gasteiger partial charge in [0.2, 0.25) is 0 Å². The van der Waals surface area contributed by atoms with Gasteiger partial charge in [0.05, 0.1) is 12.7 Å². The van der Waals surface area contributed by atoms with E-state index in [4.69, 9.17) is 16.3 Å². The molecule has 0 fully saturated rings. The molecule has 3 rings (SSSR count). The SMILES string of the molecule is COc1ccccc1C(=O)NCC(C)(C)c1c[nH]c2ccc(Cl)cc12. The summed E-state index contributed by atoms with van der Waals surface area (Å²) in [5, 5.41) is 4.79. The van der Waals surface area contributed by atoms with Crippen molar-refractivity contribution in [3.05, 3.63) is 64.8 Å². The minimum absolute atomic E-state index is 0.150. The van der Waals surface area contributed by atoms with Crippen LogP contribution in [0.3, 0.4) is 0 Å². The van der Waals surface area contributed by atoms with Gasteiger partial charge >= 0.3 is 0 Å². The van der Waals surface area contributed by atoms with Crippen LogP contribution in [0.2, 0.25) is 5.02 Å². The Balaban J connectivity index is 1.81. The van der Waals surface area contributed by atoms with Gasteiger partial charge < -0.3 is 15.0 Å². The molecule has 0 aliphatic carbocycles. The summed E-state index contributed by atoms with van der Waals surface area (Å²) >= 11 is 6.14. The number of hydrogen-bond acceptors (Lipinski definition) is 2. The van der Waals surface area contributed by atoms with E-state index in [1.807, 2.05) is 36.5 Å². The highest BCUT2D eigenvalue weighted by Crippen LogP contribution is 2.31. The Hall–Kier alpha value is -2.46. The molecular weight excluding hydrogens is 336 g/mol. The fourth-order valence-corrected chi connectivity index (χ4v) is 3.15. The van der Waals surface area contributed by atoms with E-state index in [1.54, 1.807) is 19.2 Å². The second-order valence-electron chi connectivity index (χ2n) is 6.66. The molecule has 1 heterocycles. The molecule has 4 nitrogen and oxygen atoms in total. The van der Waals surface area contributed by atoms with Crippen molar-refractivity contribution in [3.63, 3.8) is 0 Å². The Bertz CT molecular complexity index is 915. The van der Waals surface area contributed by atoms with E-state index in [0.29, 0.717) is 22.9 Å². The highest BCUT2D eigenvalue weighted by atomic mass is 35.5. The minimum Gasteiger partial charge on any atom is -0.496 e. The van der Waals surface area contributed by atoms with E-state index >= 15 is 0 Å². The van der Waals surface area contributed by atoms with Crippen molar-refractivity contribution >= 4 is 28.4 Å². The standard InChI is InChI=1S/C20H21ClN2O2/c1-20(2,16-11-22-17-9-8-13(21)10-15(16)17)12-23-19(24)14-6-4-5-7-18(14)25-3/h4-11,22H,12H2,1-3H3,(H,23,24). The minimum atomic E-state index is -0.263. The van der Waals surface area contributed by atoms with Gasteiger partial charge in [-0.3, -0.25) is 4.79 Å². The average molecular weight is 357 g/mol. The second kappa shape index (κ2) is 6.81. The number of carbonyl (C=O) groups excluding carboxylic acids is 1. The van der Waals surface area contributed by atoms with E-state index in [-0.39, 0.29) is 11.3 Å². The lowest BCUT2D eigenvalue weighted by molar-refractivity contribution is 0.0942. The normalized spacial score (nSPS) is 11.5. The molecule has 0 radical (unpaired) electrons. The molecule has 0 spiro atoms. The number of aromatic amines is 1. The van der Waals surface area contributed by atoms with E-state index in [9.17, 15) is 4.79 Å². The third-order valence-electron chi connectivity index (χ3n) is 4.42. The lowest BCUT2D eigenvalue weighted by atomic mass is 9.84. The fourth-order valence-electron chi connectivity index (χ4n) is 2.98. The van der Waals surface area contributed by atoms with Gasteiger partial charge in [-0.2, -0.15) is 0 Å². The number of ether oxygens (including phenoxy) is 1. The molecule has 25 heavy (non-hydrogen) atoms. The predicted molar refractivity (Wildman–Crippen MR) is 102 cm³/mol. The molecule has 5 heteroatoms. The van der Waals surface area contributed by atoms with Gasteiger partial charge in [-0.05, 0) is 35.9 Å². The van der Waals surface area contributed by atoms with E-state index in [1.165, 1.54) is 0 Å². The molecular formula is C20H21ClN2O2. The quantitative estimate of drug-likeness (QED) is 0.705. The van der Waals surface area contributed by atoms with Crippen LogP contribution >= 0.6 is 11.6 Å². The van der Waals surface area contributed by atoms with Crippen molar-refractivity contribution in [3.8, 4) is 5.75 Å². The lowest BCUT2D eigenvalue weighted by Crippen LogP contribution is -2.36. The second-order valence-corrected chi connectivity index (χ2v) is 7.10. The van der Waals surface area contributed by atoms with Gasteiger partial charge in [0.1, 0.15) is 5.75 Å². The van der Waals surface area contributed by atoms with Crippen molar-refractivity contribution in [2.24, 2.45) is 0 Å². The molecule has 1 aromatic heterocycles. The summed E-state index contributed by atoms with van der Waals surface area (Å²) in [4.78, 5) is 15.8. The third-order valence-corrected chi connectivity index (χ3v) is 4.65. The zero-order valence-electron chi connectivity index (χ0n) is 14.5. The van der Waals surface area contributed by atoms with Crippen molar-refractivity contribution in [2.75, 3.05) is 13.7 Å². The molecule has 2 aromatic carbocycles. The van der Waals surface area contributed by atoms with Crippen LogP contribution in [-0.2, 0) is 5.41 Å². The zero-order valence-corrected chi connectivity index (χ0v) is 15.3. The number of para-hydroxylation sites is 1. The van der Waals surface area contributed by atoms with Gasteiger partial charge in [0.15, 0.2) is 0 Å². The molecule has 2 N–H and O–H groups in total. The van der Waals surface area contributed by atoms with Crippen LogP contribution in [0.5, 0.6) is 5.75 Å². The van der Waals surface area contributed by atoms with Gasteiger partial charge in [0.25, 0.3) is 5.91 Å². The first-order chi connectivity index (χ1) is 11.9. The van der Waals surface area contributed by atoms with E-state index in [2.05, 4.69) is 24.1 Å². The lowest BCUT2D eigenvalue weighted by Gasteiger charge is -2.25. The number of fused-ring (bicyclic) bond motifs is 1. The number of methoxy groups -OCH3 is 1. The van der Waals surface area contributed by atoms with Crippen molar-refractivity contribution in [2.45, 2.75) is 19.3 Å². The van der Waals surface area contributed by atoms with Gasteiger partial charge in [0, 0.05) is 34.1 Å². The summed E-state index contributed by atoms with van der Waals surface area (Å²) in [6, 6.07) is 13.0. The van der Waals surface area contributed by atoms with Crippen LogP contribution in [0, 0.1) is 0 Å². The number of carbonyl (C=O) groups is 1. The Morgan fingerprint density at radius 1 is 1.24 bits per heavy atom. The summed E-state index contributed by atoms with van der Waals surface area (Å²) in [6.45, 7) is 4.68. The van der Waals surface area contributed by atoms with Crippen molar-refractivity contribution < 1.29 is 9.53 Å². The maximum atomic E-state index is 12.5. The Labute approximate surface area is 152 Å². The molecule has 3 aromatic rings. The molecule has 1 amide bonds. The van der Waals surface area contributed by atoms with Gasteiger partial charge in [-0.1, -0.05) is 37.6 Å². The van der Waals surface area contributed by atoms with Crippen LogP contribution in [0.4, 0.5) is 0 Å². The first kappa shape index (κ1) is 17.4. The van der Waals surface area contributed by atoms with Crippen LogP contribution in [-0.4, -0.2) is 24.5 Å². The number of amides is 1. The number of benzene rings is 2. The molecule has 130 valence electrons. The summed E-state index contributed by atoms with van der Waals surface area (Å²) in [7, 11) is 1.56. The molecule has 0 atom stereocenters. The Kier molecular flexibility index (Phi) is 4.73. The molecule has 0 aliphatic heterocycles. The summed E-state index contributed by atoms with van der Waals surface area (Å²) in [5.41, 5.74) is 2.41. The van der Waals surface area contributed by atoms with Crippen molar-refractivity contribution in [1.29, 1.82) is 0 Å².